The van der Waals surface area contributed by atoms with E-state index in [1.165, 1.54) is 5.56 Å². The summed E-state index contributed by atoms with van der Waals surface area (Å²) in [5.41, 5.74) is 6.36. The van der Waals surface area contributed by atoms with Crippen molar-refractivity contribution in [1.82, 2.24) is 9.97 Å². The maximum Gasteiger partial charge on any atom is 0.0727 e. The molecule has 0 radical (unpaired) electrons. The van der Waals surface area contributed by atoms with E-state index in [4.69, 9.17) is 4.98 Å². The molecule has 0 spiro atoms. The molecule has 0 amide bonds. The Labute approximate surface area is 135 Å². The summed E-state index contributed by atoms with van der Waals surface area (Å²) in [6.45, 7) is 2.11. The summed E-state index contributed by atoms with van der Waals surface area (Å²) in [7, 11) is 0. The number of hydrogen-bond acceptors (Lipinski definition) is 2. The van der Waals surface area contributed by atoms with Gasteiger partial charge < -0.3 is 0 Å². The van der Waals surface area contributed by atoms with E-state index < -0.39 is 0 Å². The Hall–Kier alpha value is -3.00. The number of aromatic nitrogens is 2. The second-order valence-corrected chi connectivity index (χ2v) is 5.64. The molecule has 0 N–H and O–H groups in total. The van der Waals surface area contributed by atoms with E-state index in [0.29, 0.717) is 0 Å². The lowest BCUT2D eigenvalue weighted by Gasteiger charge is -2.08. The highest BCUT2D eigenvalue weighted by atomic mass is 14.7. The Kier molecular flexibility index (Phi) is 3.35. The van der Waals surface area contributed by atoms with Crippen molar-refractivity contribution >= 4 is 10.9 Å². The molecular formula is C21H16N2. The smallest absolute Gasteiger partial charge is 0.0727 e. The summed E-state index contributed by atoms with van der Waals surface area (Å²) in [4.78, 5) is 9.39. The first-order chi connectivity index (χ1) is 11.3. The lowest BCUT2D eigenvalue weighted by molar-refractivity contribution is 1.26. The highest BCUT2D eigenvalue weighted by Crippen LogP contribution is 2.26. The molecule has 0 saturated carbocycles. The quantitative estimate of drug-likeness (QED) is 0.503. The summed E-state index contributed by atoms with van der Waals surface area (Å²) in [5, 5.41) is 1.16. The van der Waals surface area contributed by atoms with Crippen molar-refractivity contribution < 1.29 is 0 Å². The maximum absolute atomic E-state index is 4.77. The molecule has 0 bridgehead atoms. The van der Waals surface area contributed by atoms with Crippen molar-refractivity contribution in [2.75, 3.05) is 0 Å². The molecule has 2 nitrogen and oxygen atoms in total. The van der Waals surface area contributed by atoms with Gasteiger partial charge in [0.1, 0.15) is 0 Å². The molecule has 23 heavy (non-hydrogen) atoms. The fourth-order valence-corrected chi connectivity index (χ4v) is 2.81. The molecule has 4 aromatic rings. The van der Waals surface area contributed by atoms with E-state index in [1.54, 1.807) is 0 Å². The van der Waals surface area contributed by atoms with Gasteiger partial charge in [-0.2, -0.15) is 0 Å². The first kappa shape index (κ1) is 13.6. The molecule has 0 unspecified atom stereocenters. The van der Waals surface area contributed by atoms with Gasteiger partial charge in [0, 0.05) is 22.7 Å². The van der Waals surface area contributed by atoms with Gasteiger partial charge in [0.2, 0.25) is 0 Å². The van der Waals surface area contributed by atoms with Crippen molar-refractivity contribution in [3.8, 4) is 22.5 Å². The van der Waals surface area contributed by atoms with Crippen LogP contribution < -0.4 is 0 Å². The predicted molar refractivity (Wildman–Crippen MR) is 95.1 cm³/mol. The van der Waals surface area contributed by atoms with Crippen LogP contribution >= 0.6 is 0 Å². The largest absolute Gasteiger partial charge is 0.256 e. The van der Waals surface area contributed by atoms with Crippen LogP contribution in [0.3, 0.4) is 0 Å². The number of fused-ring (bicyclic) bond motifs is 1. The van der Waals surface area contributed by atoms with Crippen LogP contribution in [0.5, 0.6) is 0 Å². The van der Waals surface area contributed by atoms with Gasteiger partial charge in [-0.3, -0.25) is 4.98 Å². The Morgan fingerprint density at radius 2 is 1.52 bits per heavy atom. The van der Waals surface area contributed by atoms with Crippen LogP contribution in [0.1, 0.15) is 5.56 Å². The molecule has 0 fully saturated rings. The Balaban J connectivity index is 1.79. The normalized spacial score (nSPS) is 10.8. The van der Waals surface area contributed by atoms with Gasteiger partial charge >= 0.3 is 0 Å². The second-order valence-electron chi connectivity index (χ2n) is 5.64. The van der Waals surface area contributed by atoms with Crippen LogP contribution in [-0.4, -0.2) is 9.97 Å². The molecular weight excluding hydrogens is 280 g/mol. The van der Waals surface area contributed by atoms with Gasteiger partial charge in [-0.15, -0.1) is 0 Å². The van der Waals surface area contributed by atoms with Crippen molar-refractivity contribution in [3.63, 3.8) is 0 Å². The third kappa shape index (κ3) is 2.59. The summed E-state index contributed by atoms with van der Waals surface area (Å²) >= 11 is 0. The van der Waals surface area contributed by atoms with Crippen molar-refractivity contribution in [3.05, 3.63) is 84.6 Å². The third-order valence-corrected chi connectivity index (χ3v) is 4.05. The summed E-state index contributed by atoms with van der Waals surface area (Å²) in [5.74, 6) is 0. The molecule has 0 atom stereocenters. The molecule has 4 rings (SSSR count). The van der Waals surface area contributed by atoms with E-state index in [0.717, 1.165) is 33.4 Å². The highest BCUT2D eigenvalue weighted by molar-refractivity contribution is 5.82. The number of rotatable bonds is 2. The van der Waals surface area contributed by atoms with Crippen LogP contribution in [0.4, 0.5) is 0 Å². The zero-order valence-electron chi connectivity index (χ0n) is 12.9. The minimum Gasteiger partial charge on any atom is -0.256 e. The van der Waals surface area contributed by atoms with Crippen LogP contribution in [-0.2, 0) is 0 Å². The van der Waals surface area contributed by atoms with Gasteiger partial charge in [0.15, 0.2) is 0 Å². The van der Waals surface area contributed by atoms with Crippen LogP contribution in [0.2, 0.25) is 0 Å². The van der Waals surface area contributed by atoms with Gasteiger partial charge in [-0.25, -0.2) is 4.98 Å². The number of aryl methyl sites for hydroxylation is 1. The monoisotopic (exact) mass is 296 g/mol. The summed E-state index contributed by atoms with van der Waals surface area (Å²) in [6.07, 6.45) is 1.93. The number of nitrogens with zero attached hydrogens (tertiary/aromatic N) is 2. The summed E-state index contributed by atoms with van der Waals surface area (Å²) < 4.78 is 0. The molecule has 110 valence electrons. The second kappa shape index (κ2) is 5.65. The minimum absolute atomic E-state index is 0.966. The van der Waals surface area contributed by atoms with Crippen LogP contribution in [0, 0.1) is 6.92 Å². The van der Waals surface area contributed by atoms with E-state index in [-0.39, 0.29) is 0 Å². The van der Waals surface area contributed by atoms with Gasteiger partial charge in [-0.1, -0.05) is 54.6 Å². The van der Waals surface area contributed by atoms with Gasteiger partial charge in [0.25, 0.3) is 0 Å². The van der Waals surface area contributed by atoms with Crippen LogP contribution in [0.15, 0.2) is 79.0 Å². The Morgan fingerprint density at radius 3 is 2.35 bits per heavy atom. The zero-order chi connectivity index (χ0) is 15.6. The average Bonchev–Trinajstić information content (AvgIpc) is 2.62. The Morgan fingerprint density at radius 1 is 0.739 bits per heavy atom. The van der Waals surface area contributed by atoms with E-state index in [2.05, 4.69) is 48.3 Å². The number of benzene rings is 2. The van der Waals surface area contributed by atoms with Crippen molar-refractivity contribution in [2.45, 2.75) is 6.92 Å². The van der Waals surface area contributed by atoms with E-state index >= 15 is 0 Å². The molecule has 0 aliphatic rings. The molecule has 0 saturated heterocycles. The fourth-order valence-electron chi connectivity index (χ4n) is 2.81. The Bertz CT molecular complexity index is 975. The molecule has 2 heteroatoms. The number of hydrogen-bond donors (Lipinski definition) is 0. The van der Waals surface area contributed by atoms with E-state index in [9.17, 15) is 0 Å². The first-order valence-corrected chi connectivity index (χ1v) is 7.69. The molecule has 2 aromatic carbocycles. The third-order valence-electron chi connectivity index (χ3n) is 4.05. The lowest BCUT2D eigenvalue weighted by Crippen LogP contribution is -1.92. The highest BCUT2D eigenvalue weighted by Gasteiger charge is 2.07. The van der Waals surface area contributed by atoms with Crippen LogP contribution in [0.25, 0.3) is 33.4 Å². The topological polar surface area (TPSA) is 25.8 Å². The molecule has 0 aliphatic heterocycles. The predicted octanol–water partition coefficient (Wildman–Crippen LogP) is 5.27. The van der Waals surface area contributed by atoms with Gasteiger partial charge in [-0.05, 0) is 30.7 Å². The number of para-hydroxylation sites is 1. The first-order valence-electron chi connectivity index (χ1n) is 7.69. The van der Waals surface area contributed by atoms with Crippen molar-refractivity contribution in [1.29, 1.82) is 0 Å². The SMILES string of the molecule is Cc1cc(-c2ccccc2)ncc1-c1ccc2ccccc2n1. The molecule has 2 aromatic heterocycles. The minimum atomic E-state index is 0.966. The molecule has 2 heterocycles. The summed E-state index contributed by atoms with van der Waals surface area (Å²) in [6, 6.07) is 24.7. The lowest BCUT2D eigenvalue weighted by atomic mass is 10.0. The van der Waals surface area contributed by atoms with E-state index in [1.807, 2.05) is 42.6 Å². The fraction of sp³-hybridized carbons (Fsp3) is 0.0476. The van der Waals surface area contributed by atoms with Crippen molar-refractivity contribution in [2.24, 2.45) is 0 Å². The average molecular weight is 296 g/mol. The standard InChI is InChI=1S/C21H16N2/c1-15-13-21(16-7-3-2-4-8-16)22-14-18(15)20-12-11-17-9-5-6-10-19(17)23-20/h2-14H,1H3. The van der Waals surface area contributed by atoms with Gasteiger partial charge in [0.05, 0.1) is 16.9 Å². The number of pyridine rings is 2. The zero-order valence-corrected chi connectivity index (χ0v) is 12.9. The molecule has 0 aliphatic carbocycles. The maximum atomic E-state index is 4.77.